The summed E-state index contributed by atoms with van der Waals surface area (Å²) in [5.41, 5.74) is 4.37. The molecule has 0 saturated heterocycles. The SMILES string of the molecule is Cc1ccc(S(=O)(=O)N(Cc2ccc(Cl)cc2)c2ccccc2C(=O)NCCOc2cccc(C)c2C)cc1. The van der Waals surface area contributed by atoms with Crippen LogP contribution in [0.5, 0.6) is 5.75 Å². The summed E-state index contributed by atoms with van der Waals surface area (Å²) in [6, 6.07) is 26.1. The van der Waals surface area contributed by atoms with E-state index in [1.165, 1.54) is 4.31 Å². The van der Waals surface area contributed by atoms with Crippen LogP contribution in [0.15, 0.2) is 95.9 Å². The van der Waals surface area contributed by atoms with Gasteiger partial charge in [0, 0.05) is 5.02 Å². The molecule has 4 aromatic carbocycles. The molecule has 6 nitrogen and oxygen atoms in total. The molecule has 0 atom stereocenters. The van der Waals surface area contributed by atoms with Gasteiger partial charge in [0.25, 0.3) is 15.9 Å². The van der Waals surface area contributed by atoms with Crippen LogP contribution in [0.2, 0.25) is 5.02 Å². The zero-order valence-electron chi connectivity index (χ0n) is 22.1. The average molecular weight is 563 g/mol. The molecular formula is C31H31ClN2O4S. The molecule has 0 saturated carbocycles. The van der Waals surface area contributed by atoms with Crippen molar-refractivity contribution in [3.63, 3.8) is 0 Å². The van der Waals surface area contributed by atoms with Gasteiger partial charge in [-0.1, -0.05) is 65.7 Å². The first-order valence-corrected chi connectivity index (χ1v) is 14.4. The highest BCUT2D eigenvalue weighted by molar-refractivity contribution is 7.92. The summed E-state index contributed by atoms with van der Waals surface area (Å²) in [5.74, 6) is 0.373. The number of ether oxygens (including phenoxy) is 1. The van der Waals surface area contributed by atoms with Crippen molar-refractivity contribution >= 4 is 33.2 Å². The van der Waals surface area contributed by atoms with Gasteiger partial charge in [-0.05, 0) is 79.9 Å². The van der Waals surface area contributed by atoms with Gasteiger partial charge in [-0.15, -0.1) is 0 Å². The van der Waals surface area contributed by atoms with Crippen LogP contribution in [0.1, 0.15) is 32.6 Å². The van der Waals surface area contributed by atoms with Crippen LogP contribution in [0, 0.1) is 20.8 Å². The van der Waals surface area contributed by atoms with Crippen molar-refractivity contribution < 1.29 is 17.9 Å². The standard InChI is InChI=1S/C31H31ClN2O4S/c1-22-11-17-27(18-12-22)39(36,37)34(21-25-13-15-26(32)16-14-25)29-9-5-4-8-28(29)31(35)33-19-20-38-30-10-6-7-23(2)24(30)3/h4-18H,19-21H2,1-3H3,(H,33,35). The van der Waals surface area contributed by atoms with Crippen molar-refractivity contribution in [3.8, 4) is 5.75 Å². The highest BCUT2D eigenvalue weighted by Crippen LogP contribution is 2.30. The number of sulfonamides is 1. The number of aryl methyl sites for hydroxylation is 2. The molecule has 0 aliphatic carbocycles. The van der Waals surface area contributed by atoms with E-state index in [1.54, 1.807) is 72.8 Å². The number of carbonyl (C=O) groups excluding carboxylic acids is 1. The number of benzene rings is 4. The number of anilines is 1. The number of nitrogens with zero attached hydrogens (tertiary/aromatic N) is 1. The van der Waals surface area contributed by atoms with Crippen molar-refractivity contribution in [2.75, 3.05) is 17.5 Å². The first-order valence-electron chi connectivity index (χ1n) is 12.6. The molecule has 8 heteroatoms. The van der Waals surface area contributed by atoms with Gasteiger partial charge in [0.15, 0.2) is 0 Å². The Kier molecular flexibility index (Phi) is 8.94. The third-order valence-electron chi connectivity index (χ3n) is 6.47. The minimum atomic E-state index is -4.01. The van der Waals surface area contributed by atoms with Crippen molar-refractivity contribution in [3.05, 3.63) is 124 Å². The van der Waals surface area contributed by atoms with Gasteiger partial charge < -0.3 is 10.1 Å². The van der Waals surface area contributed by atoms with Gasteiger partial charge in [0.2, 0.25) is 0 Å². The monoisotopic (exact) mass is 562 g/mol. The number of nitrogens with one attached hydrogen (secondary N) is 1. The van der Waals surface area contributed by atoms with Gasteiger partial charge in [0.1, 0.15) is 12.4 Å². The van der Waals surface area contributed by atoms with Crippen LogP contribution in [0.25, 0.3) is 0 Å². The fraction of sp³-hybridized carbons (Fsp3) is 0.194. The van der Waals surface area contributed by atoms with E-state index in [0.29, 0.717) is 5.02 Å². The lowest BCUT2D eigenvalue weighted by molar-refractivity contribution is 0.0947. The largest absolute Gasteiger partial charge is 0.491 e. The first-order chi connectivity index (χ1) is 18.7. The van der Waals surface area contributed by atoms with Crippen molar-refractivity contribution in [2.24, 2.45) is 0 Å². The topological polar surface area (TPSA) is 75.7 Å². The van der Waals surface area contributed by atoms with Crippen LogP contribution in [0.4, 0.5) is 5.69 Å². The maximum atomic E-state index is 13.9. The Morgan fingerprint density at radius 1 is 0.872 bits per heavy atom. The predicted molar refractivity (Wildman–Crippen MR) is 156 cm³/mol. The summed E-state index contributed by atoms with van der Waals surface area (Å²) in [4.78, 5) is 13.4. The summed E-state index contributed by atoms with van der Waals surface area (Å²) >= 11 is 6.05. The zero-order chi connectivity index (χ0) is 28.0. The highest BCUT2D eigenvalue weighted by atomic mass is 35.5. The molecule has 202 valence electrons. The van der Waals surface area contributed by atoms with E-state index in [1.807, 2.05) is 39.0 Å². The fourth-order valence-corrected chi connectivity index (χ4v) is 5.67. The summed E-state index contributed by atoms with van der Waals surface area (Å²) in [5, 5.41) is 3.42. The van der Waals surface area contributed by atoms with E-state index in [2.05, 4.69) is 5.32 Å². The smallest absolute Gasteiger partial charge is 0.264 e. The minimum absolute atomic E-state index is 0.0212. The second-order valence-electron chi connectivity index (χ2n) is 9.27. The lowest BCUT2D eigenvalue weighted by atomic mass is 10.1. The Bertz CT molecular complexity index is 1550. The Morgan fingerprint density at radius 3 is 2.28 bits per heavy atom. The molecule has 4 rings (SSSR count). The van der Waals surface area contributed by atoms with E-state index < -0.39 is 15.9 Å². The van der Waals surface area contributed by atoms with Gasteiger partial charge in [0.05, 0.1) is 29.2 Å². The number of hydrogen-bond donors (Lipinski definition) is 1. The Hall–Kier alpha value is -3.81. The zero-order valence-corrected chi connectivity index (χ0v) is 23.7. The number of amides is 1. The summed E-state index contributed by atoms with van der Waals surface area (Å²) < 4.78 is 35.0. The minimum Gasteiger partial charge on any atom is -0.491 e. The van der Waals surface area contributed by atoms with Crippen LogP contribution < -0.4 is 14.4 Å². The van der Waals surface area contributed by atoms with Gasteiger partial charge >= 0.3 is 0 Å². The van der Waals surface area contributed by atoms with Crippen molar-refractivity contribution in [2.45, 2.75) is 32.2 Å². The number of hydrogen-bond acceptors (Lipinski definition) is 4. The quantitative estimate of drug-likeness (QED) is 0.225. The van der Waals surface area contributed by atoms with Crippen molar-refractivity contribution in [1.29, 1.82) is 0 Å². The van der Waals surface area contributed by atoms with Crippen molar-refractivity contribution in [1.82, 2.24) is 5.32 Å². The summed E-state index contributed by atoms with van der Waals surface area (Å²) in [6.07, 6.45) is 0. The van der Waals surface area contributed by atoms with Crippen LogP contribution in [0.3, 0.4) is 0 Å². The second-order valence-corrected chi connectivity index (χ2v) is 11.6. The second kappa shape index (κ2) is 12.4. The molecule has 4 aromatic rings. The third kappa shape index (κ3) is 6.80. The number of rotatable bonds is 10. The molecule has 1 N–H and O–H groups in total. The summed E-state index contributed by atoms with van der Waals surface area (Å²) in [7, 11) is -4.01. The third-order valence-corrected chi connectivity index (χ3v) is 8.49. The van der Waals surface area contributed by atoms with Crippen LogP contribution in [-0.2, 0) is 16.6 Å². The Morgan fingerprint density at radius 2 is 1.56 bits per heavy atom. The summed E-state index contributed by atoms with van der Waals surface area (Å²) in [6.45, 7) is 6.44. The Balaban J connectivity index is 1.60. The molecule has 0 spiro atoms. The molecule has 0 unspecified atom stereocenters. The number of para-hydroxylation sites is 1. The van der Waals surface area contributed by atoms with Gasteiger partial charge in [-0.25, -0.2) is 8.42 Å². The molecular weight excluding hydrogens is 532 g/mol. The fourth-order valence-electron chi connectivity index (χ4n) is 4.08. The predicted octanol–water partition coefficient (Wildman–Crippen LogP) is 6.47. The molecule has 39 heavy (non-hydrogen) atoms. The lowest BCUT2D eigenvalue weighted by Gasteiger charge is -2.27. The van der Waals surface area contributed by atoms with E-state index in [4.69, 9.17) is 16.3 Å². The van der Waals surface area contributed by atoms with Crippen LogP contribution in [-0.4, -0.2) is 27.5 Å². The molecule has 0 fully saturated rings. The maximum absolute atomic E-state index is 13.9. The normalized spacial score (nSPS) is 11.2. The van der Waals surface area contributed by atoms with Crippen LogP contribution >= 0.6 is 11.6 Å². The Labute approximate surface area is 235 Å². The number of carbonyl (C=O) groups is 1. The van der Waals surface area contributed by atoms with Gasteiger partial charge in [-0.3, -0.25) is 9.10 Å². The first kappa shape index (κ1) is 28.2. The molecule has 0 aliphatic rings. The lowest BCUT2D eigenvalue weighted by Crippen LogP contribution is -2.34. The maximum Gasteiger partial charge on any atom is 0.264 e. The van der Waals surface area contributed by atoms with E-state index in [-0.39, 0.29) is 35.8 Å². The number of halogens is 1. The van der Waals surface area contributed by atoms with E-state index in [0.717, 1.165) is 28.0 Å². The molecule has 0 radical (unpaired) electrons. The molecule has 0 bridgehead atoms. The molecule has 1 amide bonds. The molecule has 0 aliphatic heterocycles. The molecule has 0 aromatic heterocycles. The molecule has 0 heterocycles. The van der Waals surface area contributed by atoms with Gasteiger partial charge in [-0.2, -0.15) is 0 Å². The average Bonchev–Trinajstić information content (AvgIpc) is 2.93. The van der Waals surface area contributed by atoms with E-state index in [9.17, 15) is 13.2 Å². The van der Waals surface area contributed by atoms with E-state index >= 15 is 0 Å². The highest BCUT2D eigenvalue weighted by Gasteiger charge is 2.28.